The maximum atomic E-state index is 8.59. The molecule has 0 amide bonds. The minimum Gasteiger partial charge on any atom is -0.400 e. The van der Waals surface area contributed by atoms with Gasteiger partial charge in [-0.2, -0.15) is 0 Å². The summed E-state index contributed by atoms with van der Waals surface area (Å²) < 4.78 is 0. The standard InChI is InChI=1S/C8H18O.C2H6.CH4O.CH4/c1-3-5-8(4-2)6-7-9;2*1-2;/h8-9H,3-7H2,1-2H3;1-2H3;2H,1H3;1H4. The van der Waals surface area contributed by atoms with Gasteiger partial charge in [0.05, 0.1) is 0 Å². The van der Waals surface area contributed by atoms with Gasteiger partial charge in [0.2, 0.25) is 0 Å². The van der Waals surface area contributed by atoms with E-state index in [0.29, 0.717) is 6.61 Å². The first kappa shape index (κ1) is 23.6. The summed E-state index contributed by atoms with van der Waals surface area (Å²) in [6.07, 6.45) is 4.73. The summed E-state index contributed by atoms with van der Waals surface area (Å²) in [5.41, 5.74) is 0. The topological polar surface area (TPSA) is 40.5 Å². The molecule has 0 saturated heterocycles. The van der Waals surface area contributed by atoms with Gasteiger partial charge in [0.25, 0.3) is 0 Å². The Morgan fingerprint density at radius 2 is 1.43 bits per heavy atom. The van der Waals surface area contributed by atoms with Crippen molar-refractivity contribution in [3.05, 3.63) is 0 Å². The van der Waals surface area contributed by atoms with Crippen LogP contribution in [0.4, 0.5) is 0 Å². The molecule has 0 fully saturated rings. The van der Waals surface area contributed by atoms with Gasteiger partial charge in [0.1, 0.15) is 0 Å². The van der Waals surface area contributed by atoms with Crippen molar-refractivity contribution in [3.8, 4) is 0 Å². The second-order valence-electron chi connectivity index (χ2n) is 2.58. The molecule has 0 rings (SSSR count). The number of hydrogen-bond donors (Lipinski definition) is 2. The van der Waals surface area contributed by atoms with E-state index in [9.17, 15) is 0 Å². The molecule has 2 heteroatoms. The van der Waals surface area contributed by atoms with Crippen LogP contribution < -0.4 is 0 Å². The molecule has 0 aliphatic rings. The number of rotatable bonds is 5. The average molecular weight is 208 g/mol. The van der Waals surface area contributed by atoms with E-state index in [1.165, 1.54) is 19.3 Å². The molecule has 0 saturated carbocycles. The first-order valence-corrected chi connectivity index (χ1v) is 5.40. The fraction of sp³-hybridized carbons (Fsp3) is 1.00. The Morgan fingerprint density at radius 1 is 1.00 bits per heavy atom. The third-order valence-electron chi connectivity index (χ3n) is 1.81. The Hall–Kier alpha value is -0.0800. The van der Waals surface area contributed by atoms with Crippen LogP contribution in [0.5, 0.6) is 0 Å². The minimum atomic E-state index is 0. The lowest BCUT2D eigenvalue weighted by molar-refractivity contribution is 0.248. The maximum Gasteiger partial charge on any atom is 0.0433 e. The molecule has 0 heterocycles. The van der Waals surface area contributed by atoms with E-state index in [0.717, 1.165) is 19.4 Å². The molecule has 2 nitrogen and oxygen atoms in total. The van der Waals surface area contributed by atoms with Gasteiger partial charge in [-0.15, -0.1) is 0 Å². The molecular weight excluding hydrogens is 176 g/mol. The molecule has 0 aliphatic carbocycles. The van der Waals surface area contributed by atoms with Gasteiger partial charge in [-0.25, -0.2) is 0 Å². The predicted molar refractivity (Wildman–Crippen MR) is 66.6 cm³/mol. The van der Waals surface area contributed by atoms with Gasteiger partial charge in [-0.05, 0) is 12.3 Å². The lowest BCUT2D eigenvalue weighted by Gasteiger charge is -2.10. The van der Waals surface area contributed by atoms with E-state index in [1.807, 2.05) is 13.8 Å². The fourth-order valence-corrected chi connectivity index (χ4v) is 1.14. The van der Waals surface area contributed by atoms with Crippen LogP contribution >= 0.6 is 0 Å². The van der Waals surface area contributed by atoms with Crippen LogP contribution in [-0.2, 0) is 0 Å². The van der Waals surface area contributed by atoms with Crippen LogP contribution in [0.3, 0.4) is 0 Å². The molecule has 1 unspecified atom stereocenters. The molecule has 2 N–H and O–H groups in total. The zero-order valence-corrected chi connectivity index (χ0v) is 10.0. The lowest BCUT2D eigenvalue weighted by atomic mass is 9.98. The van der Waals surface area contributed by atoms with Gasteiger partial charge in [-0.3, -0.25) is 0 Å². The highest BCUT2D eigenvalue weighted by Gasteiger charge is 2.01. The molecule has 92 valence electrons. The largest absolute Gasteiger partial charge is 0.400 e. The third-order valence-corrected chi connectivity index (χ3v) is 1.81. The van der Waals surface area contributed by atoms with Gasteiger partial charge >= 0.3 is 0 Å². The Morgan fingerprint density at radius 3 is 1.64 bits per heavy atom. The molecule has 0 aromatic rings. The van der Waals surface area contributed by atoms with Gasteiger partial charge in [0.15, 0.2) is 0 Å². The normalized spacial score (nSPS) is 9.64. The highest BCUT2D eigenvalue weighted by Crippen LogP contribution is 2.13. The smallest absolute Gasteiger partial charge is 0.0433 e. The van der Waals surface area contributed by atoms with E-state index >= 15 is 0 Å². The highest BCUT2D eigenvalue weighted by molar-refractivity contribution is 4.54. The van der Waals surface area contributed by atoms with Crippen molar-refractivity contribution in [3.63, 3.8) is 0 Å². The molecule has 0 spiro atoms. The molecule has 0 aromatic carbocycles. The van der Waals surface area contributed by atoms with Crippen molar-refractivity contribution in [2.75, 3.05) is 13.7 Å². The quantitative estimate of drug-likeness (QED) is 0.726. The lowest BCUT2D eigenvalue weighted by Crippen LogP contribution is -2.00. The van der Waals surface area contributed by atoms with Crippen molar-refractivity contribution in [2.24, 2.45) is 5.92 Å². The second kappa shape index (κ2) is 29.3. The Bertz CT molecular complexity index is 50.3. The van der Waals surface area contributed by atoms with Crippen LogP contribution in [0.15, 0.2) is 0 Å². The summed E-state index contributed by atoms with van der Waals surface area (Å²) >= 11 is 0. The molecule has 14 heavy (non-hydrogen) atoms. The Kier molecular flexibility index (Phi) is 49.4. The van der Waals surface area contributed by atoms with Gasteiger partial charge in [0, 0.05) is 13.7 Å². The van der Waals surface area contributed by atoms with E-state index in [1.54, 1.807) is 0 Å². The van der Waals surface area contributed by atoms with Crippen molar-refractivity contribution >= 4 is 0 Å². The van der Waals surface area contributed by atoms with Crippen LogP contribution in [0, 0.1) is 5.92 Å². The summed E-state index contributed by atoms with van der Waals surface area (Å²) in [4.78, 5) is 0. The summed E-state index contributed by atoms with van der Waals surface area (Å²) in [5.74, 6) is 0.764. The van der Waals surface area contributed by atoms with Crippen LogP contribution in [-0.4, -0.2) is 23.9 Å². The number of hydrogen-bond acceptors (Lipinski definition) is 2. The first-order chi connectivity index (χ1) is 6.35. The zero-order valence-electron chi connectivity index (χ0n) is 10.0. The summed E-state index contributed by atoms with van der Waals surface area (Å²) in [6.45, 7) is 8.74. The molecular formula is C12H32O2. The summed E-state index contributed by atoms with van der Waals surface area (Å²) in [5, 5.41) is 15.6. The second-order valence-corrected chi connectivity index (χ2v) is 2.58. The third kappa shape index (κ3) is 22.7. The van der Waals surface area contributed by atoms with Gasteiger partial charge in [-0.1, -0.05) is 54.4 Å². The van der Waals surface area contributed by atoms with E-state index in [2.05, 4.69) is 13.8 Å². The molecule has 0 aliphatic heterocycles. The van der Waals surface area contributed by atoms with Crippen LogP contribution in [0.2, 0.25) is 0 Å². The van der Waals surface area contributed by atoms with Crippen molar-refractivity contribution < 1.29 is 10.2 Å². The highest BCUT2D eigenvalue weighted by atomic mass is 16.3. The predicted octanol–water partition coefficient (Wildman–Crippen LogP) is 3.47. The Labute approximate surface area is 91.4 Å². The van der Waals surface area contributed by atoms with Gasteiger partial charge < -0.3 is 10.2 Å². The van der Waals surface area contributed by atoms with Crippen molar-refractivity contribution in [2.45, 2.75) is 60.8 Å². The Balaban J connectivity index is -0.0000000883. The molecule has 0 bridgehead atoms. The molecule has 0 radical (unpaired) electrons. The molecule has 0 aromatic heterocycles. The van der Waals surface area contributed by atoms with Crippen LogP contribution in [0.1, 0.15) is 60.8 Å². The summed E-state index contributed by atoms with van der Waals surface area (Å²) in [6, 6.07) is 0. The monoisotopic (exact) mass is 208 g/mol. The number of aliphatic hydroxyl groups is 2. The molecule has 1 atom stereocenters. The van der Waals surface area contributed by atoms with E-state index in [4.69, 9.17) is 10.2 Å². The van der Waals surface area contributed by atoms with E-state index < -0.39 is 0 Å². The van der Waals surface area contributed by atoms with Crippen molar-refractivity contribution in [1.29, 1.82) is 0 Å². The maximum absolute atomic E-state index is 8.59. The van der Waals surface area contributed by atoms with E-state index in [-0.39, 0.29) is 7.43 Å². The van der Waals surface area contributed by atoms with Crippen molar-refractivity contribution in [1.82, 2.24) is 0 Å². The minimum absolute atomic E-state index is 0. The average Bonchev–Trinajstić information content (AvgIpc) is 2.23. The SMILES string of the molecule is C.CC.CCCC(CC)CCO.CO. The number of aliphatic hydroxyl groups excluding tert-OH is 2. The zero-order chi connectivity index (χ0) is 11.1. The van der Waals surface area contributed by atoms with Crippen LogP contribution in [0.25, 0.3) is 0 Å². The first-order valence-electron chi connectivity index (χ1n) is 5.40. The fourth-order valence-electron chi connectivity index (χ4n) is 1.14. The summed E-state index contributed by atoms with van der Waals surface area (Å²) in [7, 11) is 1.00.